The highest BCUT2D eigenvalue weighted by Crippen LogP contribution is 2.41. The lowest BCUT2D eigenvalue weighted by atomic mass is 9.65. The van der Waals surface area contributed by atoms with Crippen molar-refractivity contribution in [2.75, 3.05) is 13.7 Å². The lowest BCUT2D eigenvalue weighted by molar-refractivity contribution is -0.203. The van der Waals surface area contributed by atoms with E-state index in [1.807, 2.05) is 63.3 Å². The Morgan fingerprint density at radius 1 is 1.27 bits per heavy atom. The molecule has 5 N–H and O–H groups in total. The van der Waals surface area contributed by atoms with Crippen LogP contribution in [0.15, 0.2) is 46.7 Å². The predicted molar refractivity (Wildman–Crippen MR) is 154 cm³/mol. The van der Waals surface area contributed by atoms with Crippen LogP contribution in [0.1, 0.15) is 71.3 Å². The van der Waals surface area contributed by atoms with Crippen molar-refractivity contribution in [3.63, 3.8) is 0 Å². The predicted octanol–water partition coefficient (Wildman–Crippen LogP) is 3.43. The van der Waals surface area contributed by atoms with E-state index in [1.165, 1.54) is 0 Å². The second-order valence-electron chi connectivity index (χ2n) is 11.2. The monoisotopic (exact) mass is 571 g/mol. The Morgan fingerprint density at radius 3 is 2.61 bits per heavy atom. The first-order chi connectivity index (χ1) is 19.7. The molecule has 1 aromatic carbocycles. The fourth-order valence-corrected chi connectivity index (χ4v) is 5.69. The van der Waals surface area contributed by atoms with Gasteiger partial charge in [-0.3, -0.25) is 19.8 Å². The van der Waals surface area contributed by atoms with Gasteiger partial charge in [-0.15, -0.1) is 5.11 Å². The average molecular weight is 572 g/mol. The van der Waals surface area contributed by atoms with Gasteiger partial charge in [-0.25, -0.2) is 21.7 Å². The number of hydrogen-bond donors (Lipinski definition) is 4. The number of hydrogen-bond acceptors (Lipinski definition) is 10. The van der Waals surface area contributed by atoms with E-state index in [0.717, 1.165) is 18.4 Å². The molecule has 0 aliphatic carbocycles. The second-order valence-corrected chi connectivity index (χ2v) is 11.2. The number of allylic oxidation sites excluding steroid dienone is 1. The summed E-state index contributed by atoms with van der Waals surface area (Å²) in [7, 11) is 1.69. The summed E-state index contributed by atoms with van der Waals surface area (Å²) in [6.07, 6.45) is 6.11. The third-order valence-corrected chi connectivity index (χ3v) is 7.57. The van der Waals surface area contributed by atoms with Crippen LogP contribution in [0.25, 0.3) is 6.08 Å². The molecule has 0 radical (unpaired) electrons. The quantitative estimate of drug-likeness (QED) is 0.108. The lowest BCUT2D eigenvalue weighted by Gasteiger charge is -2.39. The van der Waals surface area contributed by atoms with Gasteiger partial charge in [0.05, 0.1) is 11.8 Å². The van der Waals surface area contributed by atoms with E-state index in [9.17, 15) is 14.4 Å². The van der Waals surface area contributed by atoms with E-state index < -0.39 is 47.3 Å². The number of ketones is 1. The van der Waals surface area contributed by atoms with Crippen LogP contribution in [0, 0.1) is 23.2 Å². The van der Waals surface area contributed by atoms with E-state index in [0.29, 0.717) is 19.4 Å². The molecule has 2 amide bonds. The summed E-state index contributed by atoms with van der Waals surface area (Å²) in [6.45, 7) is 6.36. The molecular weight excluding hydrogens is 526 g/mol. The van der Waals surface area contributed by atoms with E-state index >= 15 is 0 Å². The van der Waals surface area contributed by atoms with Gasteiger partial charge in [0.25, 0.3) is 0 Å². The summed E-state index contributed by atoms with van der Waals surface area (Å²) in [5.74, 6) is 2.16. The zero-order valence-corrected chi connectivity index (χ0v) is 24.5. The Kier molecular flexibility index (Phi) is 12.4. The number of ether oxygens (including phenoxy) is 1. The number of Topliss-reactive ketones (excluding diaryl/α,β-unsaturated/α-hetero) is 1. The molecule has 12 nitrogen and oxygen atoms in total. The number of rotatable bonds is 15. The van der Waals surface area contributed by atoms with Gasteiger partial charge < -0.3 is 4.74 Å². The molecule has 3 unspecified atom stereocenters. The third-order valence-electron chi connectivity index (χ3n) is 7.57. The Balaban J connectivity index is 2.04. The molecule has 3 rings (SSSR count). The number of amides is 2. The van der Waals surface area contributed by atoms with Crippen LogP contribution in [0.4, 0.5) is 0 Å². The summed E-state index contributed by atoms with van der Waals surface area (Å²) >= 11 is 0. The number of nitrogens with two attached hydrogens (primary N) is 1. The molecule has 226 valence electrons. The van der Waals surface area contributed by atoms with Crippen molar-refractivity contribution in [3.05, 3.63) is 42.0 Å². The maximum Gasteiger partial charge on any atom is 0.247 e. The van der Waals surface area contributed by atoms with Crippen LogP contribution in [-0.4, -0.2) is 48.7 Å². The van der Waals surface area contributed by atoms with Crippen LogP contribution in [-0.2, 0) is 24.0 Å². The summed E-state index contributed by atoms with van der Waals surface area (Å²) in [5, 5.41) is 9.77. The van der Waals surface area contributed by atoms with Gasteiger partial charge in [0.2, 0.25) is 11.8 Å². The summed E-state index contributed by atoms with van der Waals surface area (Å²) in [4.78, 5) is 47.7. The molecule has 0 aromatic heterocycles. The topological polar surface area (TPSA) is 160 Å². The van der Waals surface area contributed by atoms with Gasteiger partial charge in [0.15, 0.2) is 18.2 Å². The number of carbonyl (C=O) groups excluding carboxylic acids is 3. The Morgan fingerprint density at radius 2 is 2.02 bits per heavy atom. The number of benzene rings is 1. The molecule has 5 atom stereocenters. The van der Waals surface area contributed by atoms with Gasteiger partial charge in [-0.05, 0) is 43.6 Å². The highest BCUT2D eigenvalue weighted by atomic mass is 16.8. The molecule has 1 fully saturated rings. The van der Waals surface area contributed by atoms with Crippen molar-refractivity contribution in [2.24, 2.45) is 39.3 Å². The number of nitrogens with zero attached hydrogens (tertiary/aromatic N) is 3. The SMILES string of the molecule is CCCC(CC(C)C)(C(=O)NN)C(=O)[C@@H](C1N=NNN1C)[C@H](C/C=C/c1ccccc1)C(=O)NOC1CCCCO1. The molecular formula is C29H45N7O5. The molecule has 2 aliphatic rings. The highest BCUT2D eigenvalue weighted by molar-refractivity contribution is 6.08. The molecule has 1 aromatic rings. The molecule has 2 aliphatic heterocycles. The summed E-state index contributed by atoms with van der Waals surface area (Å²) < 4.78 is 5.61. The smallest absolute Gasteiger partial charge is 0.247 e. The van der Waals surface area contributed by atoms with Crippen molar-refractivity contribution in [1.29, 1.82) is 0 Å². The first-order valence-electron chi connectivity index (χ1n) is 14.5. The van der Waals surface area contributed by atoms with Crippen LogP contribution < -0.4 is 22.3 Å². The molecule has 1 saturated heterocycles. The fraction of sp³-hybridized carbons (Fsp3) is 0.621. The second kappa shape index (κ2) is 15.7. The summed E-state index contributed by atoms with van der Waals surface area (Å²) in [5.41, 5.74) is 7.02. The number of nitrogens with one attached hydrogen (secondary N) is 3. The molecule has 0 saturated carbocycles. The molecule has 2 heterocycles. The minimum absolute atomic E-state index is 0.00143. The van der Waals surface area contributed by atoms with Crippen molar-refractivity contribution in [2.45, 2.75) is 78.2 Å². The Labute approximate surface area is 242 Å². The van der Waals surface area contributed by atoms with E-state index in [-0.39, 0.29) is 25.2 Å². The molecule has 0 bridgehead atoms. The van der Waals surface area contributed by atoms with Crippen molar-refractivity contribution >= 4 is 23.7 Å². The van der Waals surface area contributed by atoms with Crippen molar-refractivity contribution < 1.29 is 24.0 Å². The van der Waals surface area contributed by atoms with Gasteiger partial charge in [-0.2, -0.15) is 5.01 Å². The van der Waals surface area contributed by atoms with E-state index in [1.54, 1.807) is 12.1 Å². The lowest BCUT2D eigenvalue weighted by Crippen LogP contribution is -2.57. The van der Waals surface area contributed by atoms with Gasteiger partial charge in [0, 0.05) is 20.1 Å². The van der Waals surface area contributed by atoms with Gasteiger partial charge in [0.1, 0.15) is 5.41 Å². The minimum Gasteiger partial charge on any atom is -0.350 e. The highest BCUT2D eigenvalue weighted by Gasteiger charge is 2.54. The van der Waals surface area contributed by atoms with Crippen LogP contribution >= 0.6 is 0 Å². The zero-order valence-electron chi connectivity index (χ0n) is 24.5. The largest absolute Gasteiger partial charge is 0.350 e. The molecule has 41 heavy (non-hydrogen) atoms. The minimum atomic E-state index is -1.46. The first kappa shape index (κ1) is 32.3. The average Bonchev–Trinajstić information content (AvgIpc) is 3.40. The first-order valence-corrected chi connectivity index (χ1v) is 14.5. The van der Waals surface area contributed by atoms with Crippen molar-refractivity contribution in [1.82, 2.24) is 21.4 Å². The number of hydroxylamine groups is 1. The van der Waals surface area contributed by atoms with Crippen molar-refractivity contribution in [3.8, 4) is 0 Å². The summed E-state index contributed by atoms with van der Waals surface area (Å²) in [6, 6.07) is 9.65. The maximum atomic E-state index is 14.8. The van der Waals surface area contributed by atoms with Gasteiger partial charge >= 0.3 is 0 Å². The van der Waals surface area contributed by atoms with E-state index in [4.69, 9.17) is 15.4 Å². The zero-order chi connectivity index (χ0) is 29.8. The Bertz CT molecular complexity index is 1060. The van der Waals surface area contributed by atoms with Crippen LogP contribution in [0.5, 0.6) is 0 Å². The normalized spacial score (nSPS) is 22.2. The van der Waals surface area contributed by atoms with E-state index in [2.05, 4.69) is 26.8 Å². The fourth-order valence-electron chi connectivity index (χ4n) is 5.69. The number of carbonyl (C=O) groups is 3. The number of hydrazine groups is 2. The Hall–Kier alpha value is -3.19. The van der Waals surface area contributed by atoms with Crippen LogP contribution in [0.2, 0.25) is 0 Å². The van der Waals surface area contributed by atoms with Crippen LogP contribution in [0.3, 0.4) is 0 Å². The maximum absolute atomic E-state index is 14.8. The third kappa shape index (κ3) is 8.41. The standard InChI is InChI=1S/C29H45N7O5/c1-5-17-29(19-20(2)3,28(39)31-30)25(37)24(26-32-34-35-36(26)4)22(15-11-14-21-12-7-6-8-13-21)27(38)33-41-23-16-9-10-18-40-23/h6-8,11-14,20,22-24,26H,5,9-10,15-19,30H2,1-4H3,(H,31,39)(H,32,35)(H,33,38)/b14-11+/t22-,23?,24-,26?,29?/m0/s1. The van der Waals surface area contributed by atoms with Gasteiger partial charge in [-0.1, -0.05) is 74.9 Å². The molecule has 0 spiro atoms. The molecule has 12 heteroatoms.